The van der Waals surface area contributed by atoms with Crippen LogP contribution in [-0.2, 0) is 4.74 Å². The highest BCUT2D eigenvalue weighted by Gasteiger charge is 2.20. The summed E-state index contributed by atoms with van der Waals surface area (Å²) in [7, 11) is -1.97. The Morgan fingerprint density at radius 2 is 2.33 bits per heavy atom. The first-order valence-corrected chi connectivity index (χ1v) is 5.21. The zero-order valence-electron chi connectivity index (χ0n) is 5.42. The van der Waals surface area contributed by atoms with Crippen molar-refractivity contribution in [3.05, 3.63) is 0 Å². The smallest absolute Gasteiger partial charge is 0.276 e. The van der Waals surface area contributed by atoms with Gasteiger partial charge < -0.3 is 14.9 Å². The first-order chi connectivity index (χ1) is 4.30. The van der Waals surface area contributed by atoms with Crippen molar-refractivity contribution in [2.45, 2.75) is 25.0 Å². The van der Waals surface area contributed by atoms with Crippen LogP contribution in [0, 0.1) is 0 Å². The van der Waals surface area contributed by atoms with Crippen LogP contribution in [0.15, 0.2) is 0 Å². The molecule has 1 aliphatic heterocycles. The molecule has 3 nitrogen and oxygen atoms in total. The molecule has 1 saturated heterocycles. The lowest BCUT2D eigenvalue weighted by Crippen LogP contribution is -2.43. The van der Waals surface area contributed by atoms with Crippen LogP contribution in [-0.4, -0.2) is 26.3 Å². The van der Waals surface area contributed by atoms with E-state index in [0.717, 1.165) is 25.9 Å². The molecule has 2 atom stereocenters. The highest BCUT2D eigenvalue weighted by atomic mass is 28.3. The third-order valence-electron chi connectivity index (χ3n) is 1.60. The van der Waals surface area contributed by atoms with Crippen LogP contribution in [0.4, 0.5) is 0 Å². The molecule has 1 aliphatic rings. The Morgan fingerprint density at radius 1 is 1.56 bits per heavy atom. The van der Waals surface area contributed by atoms with Crippen LogP contribution in [0.3, 0.4) is 0 Å². The molecule has 0 aromatic rings. The van der Waals surface area contributed by atoms with Gasteiger partial charge in [0.1, 0.15) is 0 Å². The Morgan fingerprint density at radius 3 is 2.67 bits per heavy atom. The molecule has 54 valence electrons. The van der Waals surface area contributed by atoms with E-state index in [9.17, 15) is 0 Å². The van der Waals surface area contributed by atoms with Gasteiger partial charge in [-0.1, -0.05) is 0 Å². The van der Waals surface area contributed by atoms with Crippen molar-refractivity contribution < 1.29 is 9.53 Å². The number of rotatable bonds is 1. The zero-order chi connectivity index (χ0) is 6.69. The van der Waals surface area contributed by atoms with E-state index in [1.807, 2.05) is 0 Å². The Kier molecular flexibility index (Phi) is 2.65. The number of nitrogens with two attached hydrogens (primary N) is 1. The van der Waals surface area contributed by atoms with E-state index in [0.29, 0.717) is 0 Å². The van der Waals surface area contributed by atoms with E-state index >= 15 is 0 Å². The third-order valence-corrected chi connectivity index (χ3v) is 2.88. The minimum atomic E-state index is -1.97. The summed E-state index contributed by atoms with van der Waals surface area (Å²) in [6, 6.07) is 0. The molecule has 0 spiro atoms. The number of hydrogen-bond acceptors (Lipinski definition) is 3. The van der Waals surface area contributed by atoms with Crippen LogP contribution >= 0.6 is 0 Å². The van der Waals surface area contributed by atoms with Crippen LogP contribution < -0.4 is 5.40 Å². The molecular weight excluding hydrogens is 134 g/mol. The van der Waals surface area contributed by atoms with Crippen LogP contribution in [0.2, 0.25) is 0 Å². The second kappa shape index (κ2) is 3.31. The Labute approximate surface area is 56.6 Å². The van der Waals surface area contributed by atoms with Gasteiger partial charge >= 0.3 is 0 Å². The minimum absolute atomic E-state index is 0.0266. The summed E-state index contributed by atoms with van der Waals surface area (Å²) in [6.07, 6.45) is 3.24. The van der Waals surface area contributed by atoms with E-state index < -0.39 is 9.20 Å². The van der Waals surface area contributed by atoms with E-state index in [-0.39, 0.29) is 5.73 Å². The SMILES string of the molecule is N[SiH](O)C1CCCCO1. The van der Waals surface area contributed by atoms with Crippen molar-refractivity contribution in [1.82, 2.24) is 0 Å². The Bertz CT molecular complexity index is 83.0. The molecular formula is C5H13NO2Si. The Balaban J connectivity index is 2.23. The minimum Gasteiger partial charge on any atom is -0.420 e. The second-order valence-electron chi connectivity index (χ2n) is 2.40. The third kappa shape index (κ3) is 2.06. The molecule has 4 heteroatoms. The van der Waals surface area contributed by atoms with Crippen molar-refractivity contribution in [2.75, 3.05) is 6.61 Å². The first-order valence-electron chi connectivity index (χ1n) is 3.36. The van der Waals surface area contributed by atoms with E-state index in [4.69, 9.17) is 14.9 Å². The van der Waals surface area contributed by atoms with Gasteiger partial charge in [0.15, 0.2) is 0 Å². The van der Waals surface area contributed by atoms with E-state index in [1.165, 1.54) is 0 Å². The van der Waals surface area contributed by atoms with Crippen LogP contribution in [0.5, 0.6) is 0 Å². The summed E-state index contributed by atoms with van der Waals surface area (Å²) in [4.78, 5) is 8.97. The molecule has 2 unspecified atom stereocenters. The molecule has 0 aliphatic carbocycles. The maximum Gasteiger partial charge on any atom is 0.276 e. The van der Waals surface area contributed by atoms with E-state index in [2.05, 4.69) is 0 Å². The molecule has 1 rings (SSSR count). The average Bonchev–Trinajstić information content (AvgIpc) is 1.90. The van der Waals surface area contributed by atoms with Gasteiger partial charge in [0.05, 0.1) is 5.73 Å². The average molecular weight is 147 g/mol. The number of ether oxygens (including phenoxy) is 1. The maximum atomic E-state index is 8.97. The number of hydrogen-bond donors (Lipinski definition) is 2. The molecule has 0 amide bonds. The lowest BCUT2D eigenvalue weighted by atomic mass is 10.2. The lowest BCUT2D eigenvalue weighted by molar-refractivity contribution is 0.0548. The normalized spacial score (nSPS) is 32.0. The van der Waals surface area contributed by atoms with Crippen LogP contribution in [0.1, 0.15) is 19.3 Å². The molecule has 0 aromatic heterocycles. The fraction of sp³-hybridized carbons (Fsp3) is 1.00. The van der Waals surface area contributed by atoms with Gasteiger partial charge in [-0.15, -0.1) is 0 Å². The first kappa shape index (κ1) is 7.21. The summed E-state index contributed by atoms with van der Waals surface area (Å²) in [6.45, 7) is 0.784. The molecule has 0 aromatic carbocycles. The highest BCUT2D eigenvalue weighted by Crippen LogP contribution is 2.11. The second-order valence-corrected chi connectivity index (χ2v) is 4.12. The molecule has 9 heavy (non-hydrogen) atoms. The van der Waals surface area contributed by atoms with Crippen molar-refractivity contribution >= 4 is 9.20 Å². The summed E-state index contributed by atoms with van der Waals surface area (Å²) in [5.74, 6) is 0. The Hall–Kier alpha value is 0.0969. The van der Waals surface area contributed by atoms with Gasteiger partial charge in [-0.3, -0.25) is 0 Å². The summed E-state index contributed by atoms with van der Waals surface area (Å²) >= 11 is 0. The van der Waals surface area contributed by atoms with Crippen molar-refractivity contribution in [2.24, 2.45) is 5.40 Å². The molecule has 1 heterocycles. The maximum absolute atomic E-state index is 8.97. The van der Waals surface area contributed by atoms with Gasteiger partial charge in [-0.05, 0) is 19.3 Å². The van der Waals surface area contributed by atoms with Crippen molar-refractivity contribution in [3.8, 4) is 0 Å². The quantitative estimate of drug-likeness (QED) is 0.481. The van der Waals surface area contributed by atoms with Gasteiger partial charge in [-0.2, -0.15) is 0 Å². The van der Waals surface area contributed by atoms with Gasteiger partial charge in [-0.25, -0.2) is 0 Å². The van der Waals surface area contributed by atoms with Crippen molar-refractivity contribution in [3.63, 3.8) is 0 Å². The predicted octanol–water partition coefficient (Wildman–Crippen LogP) is -0.734. The topological polar surface area (TPSA) is 55.5 Å². The van der Waals surface area contributed by atoms with Crippen LogP contribution in [0.25, 0.3) is 0 Å². The molecule has 0 saturated carbocycles. The molecule has 1 fully saturated rings. The highest BCUT2D eigenvalue weighted by molar-refractivity contribution is 6.47. The lowest BCUT2D eigenvalue weighted by Gasteiger charge is -2.22. The molecule has 3 N–H and O–H groups in total. The predicted molar refractivity (Wildman–Crippen MR) is 37.1 cm³/mol. The van der Waals surface area contributed by atoms with Crippen molar-refractivity contribution in [1.29, 1.82) is 0 Å². The van der Waals surface area contributed by atoms with Gasteiger partial charge in [0.2, 0.25) is 0 Å². The summed E-state index contributed by atoms with van der Waals surface area (Å²) in [5, 5.41) is 5.34. The molecule has 0 bridgehead atoms. The monoisotopic (exact) mass is 147 g/mol. The standard InChI is InChI=1S/C5H13NO2Si/c6-9(7)5-3-1-2-4-8-5/h5,7,9H,1-4,6H2. The summed E-state index contributed by atoms with van der Waals surface area (Å²) in [5.41, 5.74) is 0.0266. The fourth-order valence-corrected chi connectivity index (χ4v) is 1.95. The molecule has 0 radical (unpaired) electrons. The van der Waals surface area contributed by atoms with Gasteiger partial charge in [0.25, 0.3) is 9.20 Å². The van der Waals surface area contributed by atoms with E-state index in [1.54, 1.807) is 0 Å². The zero-order valence-corrected chi connectivity index (χ0v) is 6.57. The largest absolute Gasteiger partial charge is 0.420 e. The van der Waals surface area contributed by atoms with Gasteiger partial charge in [0, 0.05) is 6.61 Å². The summed E-state index contributed by atoms with van der Waals surface area (Å²) < 4.78 is 5.23. The fourth-order valence-electron chi connectivity index (χ4n) is 1.03.